The first-order chi connectivity index (χ1) is 4.74. The number of carbonyl (C=O) groups is 1. The normalized spacial score (nSPS) is 9.30. The molecule has 0 saturated heterocycles. The molecule has 10 heavy (non-hydrogen) atoms. The van der Waals surface area contributed by atoms with Crippen LogP contribution in [0.4, 0.5) is 0 Å². The predicted octanol–water partition coefficient (Wildman–Crippen LogP) is 1.88. The summed E-state index contributed by atoms with van der Waals surface area (Å²) in [5, 5.41) is 0. The van der Waals surface area contributed by atoms with Gasteiger partial charge >= 0.3 is 0 Å². The zero-order valence-corrected chi connectivity index (χ0v) is 6.78. The highest BCUT2D eigenvalue weighted by Crippen LogP contribution is 2.19. The minimum atomic E-state index is -0.287. The maximum Gasteiger partial charge on any atom is 0.286 e. The summed E-state index contributed by atoms with van der Waals surface area (Å²) < 4.78 is 0.812. The van der Waals surface area contributed by atoms with Crippen molar-refractivity contribution >= 4 is 36.6 Å². The Labute approximate surface area is 68.0 Å². The molecule has 0 spiro atoms. The van der Waals surface area contributed by atoms with Gasteiger partial charge in [0.15, 0.2) is 0 Å². The zero-order chi connectivity index (χ0) is 7.56. The maximum atomic E-state index is 10.8. The Balaban J connectivity index is 2.95. The summed E-state index contributed by atoms with van der Waals surface area (Å²) >= 11 is 5.34. The Kier molecular flexibility index (Phi) is 2.24. The molecule has 0 saturated carbocycles. The molecule has 4 heteroatoms. The fourth-order valence-electron chi connectivity index (χ4n) is 0.521. The summed E-state index contributed by atoms with van der Waals surface area (Å²) in [7, 11) is 0. The van der Waals surface area contributed by atoms with E-state index in [1.165, 1.54) is 11.3 Å². The largest absolute Gasteiger partial charge is 0.286 e. The van der Waals surface area contributed by atoms with Crippen LogP contribution in [0.3, 0.4) is 0 Å². The first kappa shape index (κ1) is 7.50. The molecule has 0 unspecified atom stereocenters. The Hall–Kier alpha value is -0.610. The standard InChI is InChI=1S/C6H5NOS2/c1-7-6(8)4-2-3-5(9)10-4/h2-3,9H,1H2. The number of nitrogens with zero attached hydrogens (tertiary/aromatic N) is 1. The number of aliphatic imine (C=N–C) groups is 1. The van der Waals surface area contributed by atoms with Crippen LogP contribution >= 0.6 is 24.0 Å². The van der Waals surface area contributed by atoms with Gasteiger partial charge in [-0.05, 0) is 18.9 Å². The molecule has 0 N–H and O–H groups in total. The molecular formula is C6H5NOS2. The summed E-state index contributed by atoms with van der Waals surface area (Å²) in [6, 6.07) is 3.44. The molecule has 0 aliphatic rings. The summed E-state index contributed by atoms with van der Waals surface area (Å²) in [5.74, 6) is -0.287. The lowest BCUT2D eigenvalue weighted by molar-refractivity contribution is 0.101. The third-order valence-corrected chi connectivity index (χ3v) is 2.24. The van der Waals surface area contributed by atoms with E-state index in [-0.39, 0.29) is 5.91 Å². The van der Waals surface area contributed by atoms with E-state index in [1.807, 2.05) is 0 Å². The summed E-state index contributed by atoms with van der Waals surface area (Å²) in [6.07, 6.45) is 0. The first-order valence-electron chi connectivity index (χ1n) is 2.54. The SMILES string of the molecule is C=NC(=O)c1ccc(S)s1. The van der Waals surface area contributed by atoms with Gasteiger partial charge in [-0.25, -0.2) is 4.99 Å². The van der Waals surface area contributed by atoms with Gasteiger partial charge in [-0.3, -0.25) is 4.79 Å². The van der Waals surface area contributed by atoms with E-state index >= 15 is 0 Å². The van der Waals surface area contributed by atoms with Crippen molar-refractivity contribution in [2.75, 3.05) is 0 Å². The molecule has 0 aromatic carbocycles. The number of rotatable bonds is 1. The smallest absolute Gasteiger partial charge is 0.266 e. The predicted molar refractivity (Wildman–Crippen MR) is 45.5 cm³/mol. The van der Waals surface area contributed by atoms with Gasteiger partial charge in [0.2, 0.25) is 0 Å². The Morgan fingerprint density at radius 3 is 2.80 bits per heavy atom. The third kappa shape index (κ3) is 1.46. The first-order valence-corrected chi connectivity index (χ1v) is 3.80. The number of carbonyl (C=O) groups excluding carboxylic acids is 1. The van der Waals surface area contributed by atoms with Crippen LogP contribution in [0.2, 0.25) is 0 Å². The topological polar surface area (TPSA) is 29.4 Å². The van der Waals surface area contributed by atoms with Crippen molar-refractivity contribution in [2.45, 2.75) is 4.21 Å². The minimum Gasteiger partial charge on any atom is -0.266 e. The van der Waals surface area contributed by atoms with Crippen LogP contribution < -0.4 is 0 Å². The quantitative estimate of drug-likeness (QED) is 0.507. The molecule has 1 aromatic rings. The second-order valence-corrected chi connectivity index (χ2v) is 3.47. The highest BCUT2D eigenvalue weighted by atomic mass is 32.2. The van der Waals surface area contributed by atoms with Crippen molar-refractivity contribution in [3.8, 4) is 0 Å². The molecule has 2 nitrogen and oxygen atoms in total. The third-order valence-electron chi connectivity index (χ3n) is 0.946. The molecular weight excluding hydrogens is 166 g/mol. The molecule has 1 rings (SSSR count). The van der Waals surface area contributed by atoms with Gasteiger partial charge in [0.1, 0.15) is 0 Å². The summed E-state index contributed by atoms with van der Waals surface area (Å²) in [4.78, 5) is 14.6. The van der Waals surface area contributed by atoms with Gasteiger partial charge in [0.05, 0.1) is 9.09 Å². The van der Waals surface area contributed by atoms with E-state index in [0.717, 1.165) is 4.21 Å². The number of amides is 1. The zero-order valence-electron chi connectivity index (χ0n) is 5.07. The van der Waals surface area contributed by atoms with Crippen LogP contribution in [0.5, 0.6) is 0 Å². The van der Waals surface area contributed by atoms with Crippen LogP contribution in [-0.4, -0.2) is 12.6 Å². The monoisotopic (exact) mass is 171 g/mol. The van der Waals surface area contributed by atoms with Crippen LogP contribution in [0.15, 0.2) is 21.3 Å². The molecule has 0 atom stereocenters. The van der Waals surface area contributed by atoms with E-state index < -0.39 is 0 Å². The number of hydrogen-bond donors (Lipinski definition) is 1. The van der Waals surface area contributed by atoms with Crippen molar-refractivity contribution in [1.82, 2.24) is 0 Å². The Morgan fingerprint density at radius 1 is 1.70 bits per heavy atom. The molecule has 52 valence electrons. The van der Waals surface area contributed by atoms with Crippen molar-refractivity contribution in [1.29, 1.82) is 0 Å². The van der Waals surface area contributed by atoms with Gasteiger partial charge in [0.25, 0.3) is 5.91 Å². The molecule has 1 heterocycles. The fourth-order valence-corrected chi connectivity index (χ4v) is 1.54. The number of thiophene rings is 1. The molecule has 0 radical (unpaired) electrons. The average molecular weight is 171 g/mol. The van der Waals surface area contributed by atoms with Gasteiger partial charge in [-0.15, -0.1) is 24.0 Å². The lowest BCUT2D eigenvalue weighted by atomic mass is 10.4. The molecule has 0 aliphatic heterocycles. The van der Waals surface area contributed by atoms with Crippen molar-refractivity contribution in [3.05, 3.63) is 17.0 Å². The lowest BCUT2D eigenvalue weighted by Crippen LogP contribution is -1.86. The second-order valence-electron chi connectivity index (χ2n) is 1.60. The lowest BCUT2D eigenvalue weighted by Gasteiger charge is -1.82. The van der Waals surface area contributed by atoms with E-state index in [0.29, 0.717) is 4.88 Å². The van der Waals surface area contributed by atoms with E-state index in [4.69, 9.17) is 0 Å². The number of thiol groups is 1. The minimum absolute atomic E-state index is 0.287. The van der Waals surface area contributed by atoms with Crippen LogP contribution in [-0.2, 0) is 0 Å². The summed E-state index contributed by atoms with van der Waals surface area (Å²) in [6.45, 7) is 3.13. The van der Waals surface area contributed by atoms with Crippen molar-refractivity contribution in [2.24, 2.45) is 4.99 Å². The highest BCUT2D eigenvalue weighted by Gasteiger charge is 2.03. The summed E-state index contributed by atoms with van der Waals surface area (Å²) in [5.41, 5.74) is 0. The Morgan fingerprint density at radius 2 is 2.40 bits per heavy atom. The second kappa shape index (κ2) is 2.98. The van der Waals surface area contributed by atoms with E-state index in [1.54, 1.807) is 12.1 Å². The molecule has 0 aliphatic carbocycles. The van der Waals surface area contributed by atoms with Gasteiger partial charge in [0, 0.05) is 0 Å². The van der Waals surface area contributed by atoms with Crippen molar-refractivity contribution in [3.63, 3.8) is 0 Å². The van der Waals surface area contributed by atoms with Crippen LogP contribution in [0.25, 0.3) is 0 Å². The van der Waals surface area contributed by atoms with Gasteiger partial charge in [-0.2, -0.15) is 0 Å². The molecule has 0 bridgehead atoms. The fraction of sp³-hybridized carbons (Fsp3) is 0. The Bertz CT molecular complexity index is 266. The molecule has 1 aromatic heterocycles. The van der Waals surface area contributed by atoms with Gasteiger partial charge in [-0.1, -0.05) is 0 Å². The van der Waals surface area contributed by atoms with Crippen LogP contribution in [0.1, 0.15) is 9.67 Å². The number of hydrogen-bond acceptors (Lipinski definition) is 3. The molecule has 0 fully saturated rings. The van der Waals surface area contributed by atoms with Crippen molar-refractivity contribution < 1.29 is 4.79 Å². The molecule has 1 amide bonds. The van der Waals surface area contributed by atoms with E-state index in [9.17, 15) is 4.79 Å². The van der Waals surface area contributed by atoms with Crippen LogP contribution in [0, 0.1) is 0 Å². The van der Waals surface area contributed by atoms with Gasteiger partial charge < -0.3 is 0 Å². The maximum absolute atomic E-state index is 10.8. The highest BCUT2D eigenvalue weighted by molar-refractivity contribution is 7.82. The average Bonchev–Trinajstić information content (AvgIpc) is 2.34. The van der Waals surface area contributed by atoms with E-state index in [2.05, 4.69) is 24.3 Å².